The number of nitrogens with two attached hydrogens (primary N) is 1. The number of fused-ring (bicyclic) bond motifs is 1. The van der Waals surface area contributed by atoms with Crippen molar-refractivity contribution in [3.05, 3.63) is 36.8 Å². The van der Waals surface area contributed by atoms with Crippen molar-refractivity contribution in [1.82, 2.24) is 14.5 Å². The number of methoxy groups -OCH3 is 1. The lowest BCUT2D eigenvalue weighted by molar-refractivity contribution is 0.410. The lowest BCUT2D eigenvalue weighted by Gasteiger charge is -2.09. The molecule has 2 heterocycles. The highest BCUT2D eigenvalue weighted by Gasteiger charge is 2.10. The van der Waals surface area contributed by atoms with Gasteiger partial charge >= 0.3 is 0 Å². The molecule has 0 radical (unpaired) electrons. The second kappa shape index (κ2) is 4.73. The van der Waals surface area contributed by atoms with Crippen molar-refractivity contribution in [2.24, 2.45) is 7.05 Å². The number of hydrogen-bond donors (Lipinski definition) is 1. The summed E-state index contributed by atoms with van der Waals surface area (Å²) in [6.07, 6.45) is 3.39. The predicted molar refractivity (Wildman–Crippen MR) is 76.0 cm³/mol. The first-order valence-corrected chi connectivity index (χ1v) is 6.06. The maximum atomic E-state index is 5.82. The van der Waals surface area contributed by atoms with E-state index in [0.29, 0.717) is 23.1 Å². The third kappa shape index (κ3) is 2.01. The monoisotopic (exact) mass is 270 g/mol. The lowest BCUT2D eigenvalue weighted by atomic mass is 10.3. The van der Waals surface area contributed by atoms with E-state index in [0.717, 1.165) is 11.0 Å². The molecule has 0 saturated heterocycles. The van der Waals surface area contributed by atoms with Crippen LogP contribution in [0, 0.1) is 0 Å². The molecule has 102 valence electrons. The molecule has 3 aromatic rings. The summed E-state index contributed by atoms with van der Waals surface area (Å²) in [7, 11) is 3.48. The summed E-state index contributed by atoms with van der Waals surface area (Å²) >= 11 is 0. The standard InChI is InChI=1S/C14H14N4O2/c1-18-6-5-11-13(18)14(17-8-16-11)20-9-3-4-10(15)12(7-9)19-2/h3-8H,15H2,1-2H3. The zero-order valence-electron chi connectivity index (χ0n) is 11.2. The van der Waals surface area contributed by atoms with E-state index in [9.17, 15) is 0 Å². The van der Waals surface area contributed by atoms with Crippen molar-refractivity contribution in [3.8, 4) is 17.4 Å². The Morgan fingerprint density at radius 1 is 1.20 bits per heavy atom. The molecule has 2 N–H and O–H groups in total. The van der Waals surface area contributed by atoms with Crippen molar-refractivity contribution in [1.29, 1.82) is 0 Å². The van der Waals surface area contributed by atoms with Crippen LogP contribution in [0.15, 0.2) is 36.8 Å². The molecule has 0 saturated carbocycles. The molecule has 2 aromatic heterocycles. The molecule has 0 fully saturated rings. The third-order valence-corrected chi connectivity index (χ3v) is 3.05. The molecule has 0 aliphatic heterocycles. The molecule has 0 amide bonds. The zero-order valence-corrected chi connectivity index (χ0v) is 11.2. The van der Waals surface area contributed by atoms with Gasteiger partial charge in [0.1, 0.15) is 23.3 Å². The fraction of sp³-hybridized carbons (Fsp3) is 0.143. The minimum absolute atomic E-state index is 0.495. The number of aryl methyl sites for hydroxylation is 1. The highest BCUT2D eigenvalue weighted by atomic mass is 16.5. The van der Waals surface area contributed by atoms with Crippen molar-refractivity contribution in [2.75, 3.05) is 12.8 Å². The number of nitrogens with zero attached hydrogens (tertiary/aromatic N) is 3. The Hall–Kier alpha value is -2.76. The number of benzene rings is 1. The smallest absolute Gasteiger partial charge is 0.247 e. The Bertz CT molecular complexity index is 767. The second-order valence-corrected chi connectivity index (χ2v) is 4.35. The van der Waals surface area contributed by atoms with Crippen LogP contribution in [0.4, 0.5) is 5.69 Å². The van der Waals surface area contributed by atoms with Crippen LogP contribution < -0.4 is 15.2 Å². The van der Waals surface area contributed by atoms with Crippen molar-refractivity contribution in [3.63, 3.8) is 0 Å². The van der Waals surface area contributed by atoms with Crippen LogP contribution in [0.5, 0.6) is 17.4 Å². The van der Waals surface area contributed by atoms with Gasteiger partial charge in [0.2, 0.25) is 5.88 Å². The number of rotatable bonds is 3. The van der Waals surface area contributed by atoms with Gasteiger partial charge in [-0.15, -0.1) is 0 Å². The van der Waals surface area contributed by atoms with E-state index < -0.39 is 0 Å². The van der Waals surface area contributed by atoms with Crippen molar-refractivity contribution >= 4 is 16.7 Å². The van der Waals surface area contributed by atoms with Gasteiger partial charge in [-0.05, 0) is 18.2 Å². The zero-order chi connectivity index (χ0) is 14.1. The molecule has 0 spiro atoms. The number of anilines is 1. The van der Waals surface area contributed by atoms with Gasteiger partial charge in [0.05, 0.1) is 18.3 Å². The van der Waals surface area contributed by atoms with Crippen LogP contribution in [0.3, 0.4) is 0 Å². The van der Waals surface area contributed by atoms with Crippen LogP contribution in [0.1, 0.15) is 0 Å². The van der Waals surface area contributed by atoms with Crippen molar-refractivity contribution in [2.45, 2.75) is 0 Å². The van der Waals surface area contributed by atoms with Gasteiger partial charge in [-0.2, -0.15) is 4.98 Å². The summed E-state index contributed by atoms with van der Waals surface area (Å²) in [6.45, 7) is 0. The SMILES string of the molecule is COc1cc(Oc2ncnc3ccn(C)c23)ccc1N. The number of nitrogen functional groups attached to an aromatic ring is 1. The van der Waals surface area contributed by atoms with E-state index in [1.165, 1.54) is 6.33 Å². The lowest BCUT2D eigenvalue weighted by Crippen LogP contribution is -1.96. The average molecular weight is 270 g/mol. The van der Waals surface area contributed by atoms with Gasteiger partial charge in [0.15, 0.2) is 0 Å². The van der Waals surface area contributed by atoms with Crippen molar-refractivity contribution < 1.29 is 9.47 Å². The second-order valence-electron chi connectivity index (χ2n) is 4.35. The quantitative estimate of drug-likeness (QED) is 0.739. The molecule has 6 nitrogen and oxygen atoms in total. The Morgan fingerprint density at radius 3 is 2.85 bits per heavy atom. The first-order valence-electron chi connectivity index (χ1n) is 6.06. The fourth-order valence-corrected chi connectivity index (χ4v) is 2.03. The molecule has 3 rings (SSSR count). The van der Waals surface area contributed by atoms with Gasteiger partial charge in [0.25, 0.3) is 0 Å². The predicted octanol–water partition coefficient (Wildman–Crippen LogP) is 2.35. The van der Waals surface area contributed by atoms with E-state index in [1.807, 2.05) is 23.9 Å². The van der Waals surface area contributed by atoms with Crippen LogP contribution >= 0.6 is 0 Å². The molecule has 0 atom stereocenters. The number of aromatic nitrogens is 3. The summed E-state index contributed by atoms with van der Waals surface area (Å²) in [5, 5.41) is 0. The van der Waals surface area contributed by atoms with E-state index in [4.69, 9.17) is 15.2 Å². The molecule has 1 aromatic carbocycles. The Balaban J connectivity index is 2.03. The topological polar surface area (TPSA) is 75.2 Å². The molecule has 0 bridgehead atoms. The molecule has 0 aliphatic rings. The molecular formula is C14H14N4O2. The maximum Gasteiger partial charge on any atom is 0.247 e. The fourth-order valence-electron chi connectivity index (χ4n) is 2.03. The summed E-state index contributed by atoms with van der Waals surface area (Å²) in [4.78, 5) is 8.38. The van der Waals surface area contributed by atoms with Gasteiger partial charge in [-0.25, -0.2) is 4.98 Å². The Labute approximate surface area is 115 Å². The molecule has 6 heteroatoms. The summed E-state index contributed by atoms with van der Waals surface area (Å²) in [6, 6.07) is 7.14. The van der Waals surface area contributed by atoms with Crippen LogP contribution in [-0.4, -0.2) is 21.6 Å². The Morgan fingerprint density at radius 2 is 2.05 bits per heavy atom. The highest BCUT2D eigenvalue weighted by molar-refractivity contribution is 5.80. The minimum atomic E-state index is 0.495. The molecule has 20 heavy (non-hydrogen) atoms. The van der Waals surface area contributed by atoms with Gasteiger partial charge in [-0.3, -0.25) is 0 Å². The average Bonchev–Trinajstić information content (AvgIpc) is 2.84. The molecule has 0 unspecified atom stereocenters. The Kier molecular flexibility index (Phi) is 2.90. The normalized spacial score (nSPS) is 10.7. The van der Waals surface area contributed by atoms with E-state index >= 15 is 0 Å². The minimum Gasteiger partial charge on any atom is -0.494 e. The summed E-state index contributed by atoms with van der Waals surface area (Å²) < 4.78 is 12.9. The summed E-state index contributed by atoms with van der Waals surface area (Å²) in [5.41, 5.74) is 8.01. The van der Waals surface area contributed by atoms with E-state index in [2.05, 4.69) is 9.97 Å². The summed E-state index contributed by atoms with van der Waals surface area (Å²) in [5.74, 6) is 1.67. The van der Waals surface area contributed by atoms with Crippen LogP contribution in [0.2, 0.25) is 0 Å². The highest BCUT2D eigenvalue weighted by Crippen LogP contribution is 2.31. The largest absolute Gasteiger partial charge is 0.494 e. The van der Waals surface area contributed by atoms with Crippen LogP contribution in [-0.2, 0) is 7.05 Å². The maximum absolute atomic E-state index is 5.82. The van der Waals surface area contributed by atoms with E-state index in [-0.39, 0.29) is 0 Å². The van der Waals surface area contributed by atoms with E-state index in [1.54, 1.807) is 25.3 Å². The first-order chi connectivity index (χ1) is 9.69. The number of hydrogen-bond acceptors (Lipinski definition) is 5. The molecular weight excluding hydrogens is 256 g/mol. The van der Waals surface area contributed by atoms with Crippen LogP contribution in [0.25, 0.3) is 11.0 Å². The third-order valence-electron chi connectivity index (χ3n) is 3.05. The van der Waals surface area contributed by atoms with Gasteiger partial charge in [0, 0.05) is 19.3 Å². The number of ether oxygens (including phenoxy) is 2. The first kappa shape index (κ1) is 12.3. The van der Waals surface area contributed by atoms with Gasteiger partial charge < -0.3 is 19.8 Å². The van der Waals surface area contributed by atoms with Gasteiger partial charge in [-0.1, -0.05) is 0 Å². The molecule has 0 aliphatic carbocycles.